The summed E-state index contributed by atoms with van der Waals surface area (Å²) in [6.45, 7) is 5.59. The van der Waals surface area contributed by atoms with Crippen LogP contribution in [0.25, 0.3) is 0 Å². The average Bonchev–Trinajstić information content (AvgIpc) is 2.45. The maximum Gasteiger partial charge on any atom is 0.222 e. The first-order valence-electron chi connectivity index (χ1n) is 6.69. The molecular formula is C15H21FN2O. The molecule has 1 aliphatic rings. The molecule has 2 N–H and O–H groups in total. The lowest BCUT2D eigenvalue weighted by molar-refractivity contribution is -0.131. The van der Waals surface area contributed by atoms with Gasteiger partial charge < -0.3 is 10.6 Å². The van der Waals surface area contributed by atoms with E-state index in [4.69, 9.17) is 5.73 Å². The van der Waals surface area contributed by atoms with E-state index < -0.39 is 0 Å². The minimum absolute atomic E-state index is 0.161. The molecule has 1 heterocycles. The van der Waals surface area contributed by atoms with Gasteiger partial charge >= 0.3 is 0 Å². The third-order valence-electron chi connectivity index (χ3n) is 3.90. The zero-order valence-corrected chi connectivity index (χ0v) is 11.6. The molecule has 1 fully saturated rings. The number of anilines is 1. The number of likely N-dealkylation sites (tertiary alicyclic amines) is 1. The molecule has 0 atom stereocenters. The normalized spacial score (nSPS) is 19.3. The van der Waals surface area contributed by atoms with E-state index >= 15 is 0 Å². The van der Waals surface area contributed by atoms with Crippen LogP contribution in [0, 0.1) is 11.2 Å². The van der Waals surface area contributed by atoms with Gasteiger partial charge in [-0.1, -0.05) is 19.9 Å². The summed E-state index contributed by atoms with van der Waals surface area (Å²) in [7, 11) is 0. The Labute approximate surface area is 113 Å². The van der Waals surface area contributed by atoms with Gasteiger partial charge in [-0.15, -0.1) is 0 Å². The lowest BCUT2D eigenvalue weighted by atomic mass is 9.85. The van der Waals surface area contributed by atoms with Gasteiger partial charge in [0, 0.05) is 25.2 Å². The molecule has 0 saturated carbocycles. The largest absolute Gasteiger partial charge is 0.398 e. The molecule has 2 rings (SSSR count). The molecule has 1 amide bonds. The molecule has 1 aromatic carbocycles. The number of hydrogen-bond donors (Lipinski definition) is 1. The Kier molecular flexibility index (Phi) is 3.78. The van der Waals surface area contributed by atoms with Gasteiger partial charge in [-0.3, -0.25) is 4.79 Å². The third kappa shape index (κ3) is 3.46. The Morgan fingerprint density at radius 1 is 1.37 bits per heavy atom. The second-order valence-corrected chi connectivity index (χ2v) is 6.07. The van der Waals surface area contributed by atoms with Crippen LogP contribution in [0.1, 0.15) is 38.7 Å². The van der Waals surface area contributed by atoms with Crippen LogP contribution in [-0.4, -0.2) is 17.4 Å². The zero-order valence-electron chi connectivity index (χ0n) is 11.6. The molecule has 3 nitrogen and oxygen atoms in total. The molecule has 1 aromatic rings. The molecule has 1 saturated heterocycles. The second kappa shape index (κ2) is 5.19. The van der Waals surface area contributed by atoms with E-state index in [0.29, 0.717) is 18.7 Å². The van der Waals surface area contributed by atoms with Crippen LogP contribution in [0.2, 0.25) is 0 Å². The maximum atomic E-state index is 13.0. The summed E-state index contributed by atoms with van der Waals surface area (Å²) in [5.74, 6) is -0.182. The van der Waals surface area contributed by atoms with Gasteiger partial charge in [0.05, 0.1) is 0 Å². The van der Waals surface area contributed by atoms with Gasteiger partial charge in [0.25, 0.3) is 0 Å². The van der Waals surface area contributed by atoms with Crippen molar-refractivity contribution in [2.45, 2.75) is 39.7 Å². The number of nitrogens with two attached hydrogens (primary N) is 1. The van der Waals surface area contributed by atoms with E-state index in [1.807, 2.05) is 4.90 Å². The Morgan fingerprint density at radius 3 is 2.79 bits per heavy atom. The van der Waals surface area contributed by atoms with Crippen molar-refractivity contribution in [2.75, 3.05) is 12.3 Å². The van der Waals surface area contributed by atoms with E-state index in [0.717, 1.165) is 24.9 Å². The van der Waals surface area contributed by atoms with Gasteiger partial charge in [-0.25, -0.2) is 4.39 Å². The first kappa shape index (κ1) is 13.8. The van der Waals surface area contributed by atoms with Gasteiger partial charge in [0.1, 0.15) is 5.82 Å². The number of amides is 1. The van der Waals surface area contributed by atoms with Crippen molar-refractivity contribution in [1.82, 2.24) is 4.90 Å². The summed E-state index contributed by atoms with van der Waals surface area (Å²) in [5, 5.41) is 0. The highest BCUT2D eigenvalue weighted by atomic mass is 19.1. The molecule has 0 aromatic heterocycles. The molecule has 0 spiro atoms. The van der Waals surface area contributed by atoms with Gasteiger partial charge in [-0.2, -0.15) is 0 Å². The smallest absolute Gasteiger partial charge is 0.222 e. The summed E-state index contributed by atoms with van der Waals surface area (Å²) in [4.78, 5) is 13.9. The van der Waals surface area contributed by atoms with Crippen LogP contribution >= 0.6 is 0 Å². The molecule has 0 aliphatic carbocycles. The molecule has 19 heavy (non-hydrogen) atoms. The highest BCUT2D eigenvalue weighted by Crippen LogP contribution is 2.31. The van der Waals surface area contributed by atoms with Gasteiger partial charge in [-0.05, 0) is 36.0 Å². The van der Waals surface area contributed by atoms with E-state index in [1.54, 1.807) is 6.07 Å². The van der Waals surface area contributed by atoms with Crippen molar-refractivity contribution in [3.05, 3.63) is 29.6 Å². The number of rotatable bonds is 2. The predicted molar refractivity (Wildman–Crippen MR) is 73.9 cm³/mol. The second-order valence-electron chi connectivity index (χ2n) is 6.07. The van der Waals surface area contributed by atoms with Crippen LogP contribution in [0.5, 0.6) is 0 Å². The molecule has 0 unspecified atom stereocenters. The number of carbonyl (C=O) groups excluding carboxylic acids is 1. The monoisotopic (exact) mass is 264 g/mol. The van der Waals surface area contributed by atoms with Crippen molar-refractivity contribution in [2.24, 2.45) is 5.41 Å². The Morgan fingerprint density at radius 2 is 2.11 bits per heavy atom. The fraction of sp³-hybridized carbons (Fsp3) is 0.533. The standard InChI is InChI=1S/C15H21FN2O/c1-15(2)6-5-14(19)18(8-7-15)10-11-3-4-12(16)9-13(11)17/h3-4,9H,5-8,10,17H2,1-2H3. The molecule has 0 radical (unpaired) electrons. The molecule has 1 aliphatic heterocycles. The molecule has 104 valence electrons. The Balaban J connectivity index is 2.11. The van der Waals surface area contributed by atoms with Crippen molar-refractivity contribution >= 4 is 11.6 Å². The van der Waals surface area contributed by atoms with Gasteiger partial charge in [0.15, 0.2) is 0 Å². The minimum Gasteiger partial charge on any atom is -0.398 e. The number of carbonyl (C=O) groups is 1. The van der Waals surface area contributed by atoms with Crippen LogP contribution < -0.4 is 5.73 Å². The summed E-state index contributed by atoms with van der Waals surface area (Å²) in [6, 6.07) is 4.35. The van der Waals surface area contributed by atoms with Crippen molar-refractivity contribution in [3.63, 3.8) is 0 Å². The zero-order chi connectivity index (χ0) is 14.0. The highest BCUT2D eigenvalue weighted by Gasteiger charge is 2.27. The van der Waals surface area contributed by atoms with Crippen LogP contribution in [0.3, 0.4) is 0 Å². The molecule has 4 heteroatoms. The first-order chi connectivity index (χ1) is 8.87. The summed E-state index contributed by atoms with van der Waals surface area (Å²) in [6.07, 6.45) is 2.48. The predicted octanol–water partition coefficient (Wildman–Crippen LogP) is 2.95. The van der Waals surface area contributed by atoms with Crippen LogP contribution in [-0.2, 0) is 11.3 Å². The minimum atomic E-state index is -0.343. The lowest BCUT2D eigenvalue weighted by Crippen LogP contribution is -2.30. The number of halogens is 1. The average molecular weight is 264 g/mol. The molecule has 0 bridgehead atoms. The van der Waals surface area contributed by atoms with Crippen molar-refractivity contribution in [3.8, 4) is 0 Å². The fourth-order valence-electron chi connectivity index (χ4n) is 2.37. The lowest BCUT2D eigenvalue weighted by Gasteiger charge is -2.24. The van der Waals surface area contributed by atoms with Crippen LogP contribution in [0.15, 0.2) is 18.2 Å². The summed E-state index contributed by atoms with van der Waals surface area (Å²) < 4.78 is 13.0. The van der Waals surface area contributed by atoms with Crippen molar-refractivity contribution in [1.29, 1.82) is 0 Å². The number of nitrogen functional groups attached to an aromatic ring is 1. The number of hydrogen-bond acceptors (Lipinski definition) is 2. The van der Waals surface area contributed by atoms with E-state index in [1.165, 1.54) is 12.1 Å². The van der Waals surface area contributed by atoms with Crippen molar-refractivity contribution < 1.29 is 9.18 Å². The van der Waals surface area contributed by atoms with Gasteiger partial charge in [0.2, 0.25) is 5.91 Å². The number of benzene rings is 1. The van der Waals surface area contributed by atoms with E-state index in [-0.39, 0.29) is 17.1 Å². The van der Waals surface area contributed by atoms with E-state index in [2.05, 4.69) is 13.8 Å². The number of nitrogens with zero attached hydrogens (tertiary/aromatic N) is 1. The maximum absolute atomic E-state index is 13.0. The quantitative estimate of drug-likeness (QED) is 0.835. The highest BCUT2D eigenvalue weighted by molar-refractivity contribution is 5.76. The third-order valence-corrected chi connectivity index (χ3v) is 3.90. The summed E-state index contributed by atoms with van der Waals surface area (Å²) >= 11 is 0. The first-order valence-corrected chi connectivity index (χ1v) is 6.69. The fourth-order valence-corrected chi connectivity index (χ4v) is 2.37. The summed E-state index contributed by atoms with van der Waals surface area (Å²) in [5.41, 5.74) is 7.23. The topological polar surface area (TPSA) is 46.3 Å². The SMILES string of the molecule is CC1(C)CCC(=O)N(Cc2ccc(F)cc2N)CC1. The Hall–Kier alpha value is -1.58. The Bertz CT molecular complexity index is 485. The molecular weight excluding hydrogens is 243 g/mol. The van der Waals surface area contributed by atoms with Crippen LogP contribution in [0.4, 0.5) is 10.1 Å². The van der Waals surface area contributed by atoms with E-state index in [9.17, 15) is 9.18 Å².